The number of ether oxygens (including phenoxy) is 1. The molecule has 178 valence electrons. The van der Waals surface area contributed by atoms with Gasteiger partial charge in [-0.25, -0.2) is 9.98 Å². The summed E-state index contributed by atoms with van der Waals surface area (Å²) in [6.07, 6.45) is 3.41. The van der Waals surface area contributed by atoms with E-state index >= 15 is 0 Å². The van der Waals surface area contributed by atoms with Gasteiger partial charge in [-0.3, -0.25) is 9.69 Å². The molecule has 3 aromatic carbocycles. The molecule has 0 atom stereocenters. The molecule has 5 rings (SSSR count). The Morgan fingerprint density at radius 2 is 1.67 bits per heavy atom. The van der Waals surface area contributed by atoms with Crippen molar-refractivity contribution in [1.29, 1.82) is 0 Å². The minimum Gasteiger partial charge on any atom is -0.488 e. The van der Waals surface area contributed by atoms with Crippen LogP contribution in [-0.2, 0) is 11.4 Å². The molecule has 0 N–H and O–H groups in total. The number of amides is 1. The first kappa shape index (κ1) is 24.1. The summed E-state index contributed by atoms with van der Waals surface area (Å²) in [6.45, 7) is 0.309. The molecule has 1 aliphatic rings. The van der Waals surface area contributed by atoms with E-state index in [0.29, 0.717) is 38.8 Å². The molecule has 36 heavy (non-hydrogen) atoms. The first-order valence-corrected chi connectivity index (χ1v) is 12.6. The van der Waals surface area contributed by atoms with E-state index in [-0.39, 0.29) is 11.1 Å². The van der Waals surface area contributed by atoms with Gasteiger partial charge in [-0.2, -0.15) is 0 Å². The van der Waals surface area contributed by atoms with E-state index < -0.39 is 0 Å². The number of anilines is 1. The highest BCUT2D eigenvalue weighted by atomic mass is 35.5. The monoisotopic (exact) mass is 531 g/mol. The maximum Gasteiger partial charge on any atom is 0.271 e. The third kappa shape index (κ3) is 5.31. The van der Waals surface area contributed by atoms with E-state index in [1.807, 2.05) is 84.9 Å². The molecule has 1 saturated heterocycles. The summed E-state index contributed by atoms with van der Waals surface area (Å²) in [5, 5.41) is 1.40. The molecular weight excluding hydrogens is 513 g/mol. The van der Waals surface area contributed by atoms with Gasteiger partial charge >= 0.3 is 0 Å². The van der Waals surface area contributed by atoms with Crippen LogP contribution in [0.15, 0.2) is 107 Å². The van der Waals surface area contributed by atoms with Crippen LogP contribution in [0.25, 0.3) is 6.08 Å². The van der Waals surface area contributed by atoms with Crippen LogP contribution in [0.3, 0.4) is 0 Å². The lowest BCUT2D eigenvalue weighted by atomic mass is 10.1. The highest BCUT2D eigenvalue weighted by Crippen LogP contribution is 2.39. The lowest BCUT2D eigenvalue weighted by Gasteiger charge is -2.15. The van der Waals surface area contributed by atoms with Gasteiger partial charge in [-0.1, -0.05) is 77.8 Å². The minimum absolute atomic E-state index is 0.189. The van der Waals surface area contributed by atoms with Crippen molar-refractivity contribution in [2.45, 2.75) is 6.61 Å². The van der Waals surface area contributed by atoms with E-state index in [1.165, 1.54) is 11.8 Å². The molecule has 2 heterocycles. The van der Waals surface area contributed by atoms with Gasteiger partial charge in [0.05, 0.1) is 10.6 Å². The van der Waals surface area contributed by atoms with Gasteiger partial charge in [0, 0.05) is 22.3 Å². The summed E-state index contributed by atoms with van der Waals surface area (Å²) < 4.78 is 6.08. The Morgan fingerprint density at radius 1 is 0.917 bits per heavy atom. The van der Waals surface area contributed by atoms with Crippen LogP contribution < -0.4 is 9.64 Å². The summed E-state index contributed by atoms with van der Waals surface area (Å²) >= 11 is 13.8. The summed E-state index contributed by atoms with van der Waals surface area (Å²) in [6, 6.07) is 28.0. The maximum atomic E-state index is 13.6. The number of carbonyl (C=O) groups excluding carboxylic acids is 1. The molecule has 0 radical (unpaired) electrons. The van der Waals surface area contributed by atoms with Gasteiger partial charge in [-0.05, 0) is 54.2 Å². The minimum atomic E-state index is -0.189. The lowest BCUT2D eigenvalue weighted by molar-refractivity contribution is -0.113. The van der Waals surface area contributed by atoms with Crippen molar-refractivity contribution < 1.29 is 9.53 Å². The highest BCUT2D eigenvalue weighted by molar-refractivity contribution is 8.19. The molecular formula is C28H19Cl2N3O2S. The standard InChI is InChI=1S/C28H19Cl2N3O2S/c29-22-13-6-4-10-20(22)18-35-24-15-7-5-9-19(24)17-25-27(34)33(21-11-2-1-3-12-21)28(36-25)32-23-14-8-16-31-26(23)30/h1-17H,18H2/b25-17-,32-28?. The number of carbonyl (C=O) groups is 1. The third-order valence-corrected chi connectivity index (χ3v) is 6.95. The van der Waals surface area contributed by atoms with Crippen LogP contribution >= 0.6 is 35.0 Å². The van der Waals surface area contributed by atoms with Gasteiger partial charge < -0.3 is 4.74 Å². The predicted molar refractivity (Wildman–Crippen MR) is 148 cm³/mol. The van der Waals surface area contributed by atoms with Crippen molar-refractivity contribution in [3.8, 4) is 5.75 Å². The fraction of sp³-hybridized carbons (Fsp3) is 0.0357. The third-order valence-electron chi connectivity index (χ3n) is 5.32. The van der Waals surface area contributed by atoms with E-state index in [1.54, 1.807) is 23.2 Å². The second-order valence-electron chi connectivity index (χ2n) is 7.71. The first-order valence-electron chi connectivity index (χ1n) is 11.0. The highest BCUT2D eigenvalue weighted by Gasteiger charge is 2.35. The molecule has 5 nitrogen and oxygen atoms in total. The smallest absolute Gasteiger partial charge is 0.271 e. The van der Waals surface area contributed by atoms with Crippen molar-refractivity contribution in [1.82, 2.24) is 4.98 Å². The van der Waals surface area contributed by atoms with E-state index in [4.69, 9.17) is 27.9 Å². The molecule has 0 spiro atoms. The fourth-order valence-corrected chi connectivity index (χ4v) is 4.90. The zero-order valence-electron chi connectivity index (χ0n) is 18.8. The van der Waals surface area contributed by atoms with Crippen molar-refractivity contribution >= 4 is 63.5 Å². The number of hydrogen-bond acceptors (Lipinski definition) is 5. The number of nitrogens with zero attached hydrogens (tertiary/aromatic N) is 3. The quantitative estimate of drug-likeness (QED) is 0.188. The van der Waals surface area contributed by atoms with Gasteiger partial charge in [0.1, 0.15) is 18.0 Å². The molecule has 1 aromatic heterocycles. The average Bonchev–Trinajstić information content (AvgIpc) is 3.20. The number of para-hydroxylation sites is 2. The Morgan fingerprint density at radius 3 is 2.47 bits per heavy atom. The Balaban J connectivity index is 1.49. The Bertz CT molecular complexity index is 1470. The Labute approximate surface area is 223 Å². The largest absolute Gasteiger partial charge is 0.488 e. The summed E-state index contributed by atoms with van der Waals surface area (Å²) in [4.78, 5) is 24.4. The molecule has 0 unspecified atom stereocenters. The average molecular weight is 532 g/mol. The first-order chi connectivity index (χ1) is 17.6. The number of rotatable bonds is 6. The number of hydrogen-bond donors (Lipinski definition) is 0. The van der Waals surface area contributed by atoms with Crippen molar-refractivity contribution in [3.05, 3.63) is 123 Å². The van der Waals surface area contributed by atoms with Crippen LogP contribution in [0, 0.1) is 0 Å². The number of benzene rings is 3. The van der Waals surface area contributed by atoms with Crippen molar-refractivity contribution in [2.24, 2.45) is 4.99 Å². The normalized spacial score (nSPS) is 15.6. The van der Waals surface area contributed by atoms with Crippen LogP contribution in [-0.4, -0.2) is 16.1 Å². The SMILES string of the molecule is O=C1/C(=C/c2ccccc2OCc2ccccc2Cl)SC(=Nc2cccnc2Cl)N1c1ccccc1. The molecule has 1 fully saturated rings. The second kappa shape index (κ2) is 11.0. The van der Waals surface area contributed by atoms with E-state index in [9.17, 15) is 4.79 Å². The number of aromatic nitrogens is 1. The number of pyridine rings is 1. The van der Waals surface area contributed by atoms with E-state index in [2.05, 4.69) is 9.98 Å². The van der Waals surface area contributed by atoms with Gasteiger partial charge in [0.25, 0.3) is 5.91 Å². The summed E-state index contributed by atoms with van der Waals surface area (Å²) in [5.41, 5.74) is 2.85. The maximum absolute atomic E-state index is 13.6. The van der Waals surface area contributed by atoms with Crippen LogP contribution in [0.2, 0.25) is 10.2 Å². The van der Waals surface area contributed by atoms with Crippen LogP contribution in [0.5, 0.6) is 5.75 Å². The van der Waals surface area contributed by atoms with Gasteiger partial charge in [0.2, 0.25) is 0 Å². The molecule has 1 amide bonds. The van der Waals surface area contributed by atoms with E-state index in [0.717, 1.165) is 11.1 Å². The summed E-state index contributed by atoms with van der Waals surface area (Å²) in [5.74, 6) is 0.455. The zero-order valence-corrected chi connectivity index (χ0v) is 21.2. The number of halogens is 2. The van der Waals surface area contributed by atoms with Crippen molar-refractivity contribution in [3.63, 3.8) is 0 Å². The number of thioether (sulfide) groups is 1. The molecule has 4 aromatic rings. The second-order valence-corrected chi connectivity index (χ2v) is 9.49. The van der Waals surface area contributed by atoms with Crippen molar-refractivity contribution in [2.75, 3.05) is 4.90 Å². The van der Waals surface area contributed by atoms with Crippen LogP contribution in [0.1, 0.15) is 11.1 Å². The van der Waals surface area contributed by atoms with Gasteiger partial charge in [-0.15, -0.1) is 0 Å². The number of amidine groups is 1. The Kier molecular flexibility index (Phi) is 7.37. The lowest BCUT2D eigenvalue weighted by Crippen LogP contribution is -2.28. The topological polar surface area (TPSA) is 54.8 Å². The summed E-state index contributed by atoms with van der Waals surface area (Å²) in [7, 11) is 0. The number of aliphatic imine (C=N–C) groups is 1. The zero-order chi connectivity index (χ0) is 24.9. The molecule has 1 aliphatic heterocycles. The molecule has 0 bridgehead atoms. The molecule has 8 heteroatoms. The Hall–Kier alpha value is -3.58. The molecule has 0 saturated carbocycles. The van der Waals surface area contributed by atoms with Gasteiger partial charge in [0.15, 0.2) is 10.3 Å². The molecule has 0 aliphatic carbocycles. The fourth-order valence-electron chi connectivity index (χ4n) is 3.56. The predicted octanol–water partition coefficient (Wildman–Crippen LogP) is 7.78. The van der Waals surface area contributed by atoms with Crippen LogP contribution in [0.4, 0.5) is 11.4 Å².